The molecule has 0 fully saturated rings. The number of aromatic nitrogens is 2. The molecule has 0 saturated heterocycles. The van der Waals surface area contributed by atoms with E-state index in [9.17, 15) is 4.79 Å². The number of carbonyl (C=O) groups is 1. The van der Waals surface area contributed by atoms with Crippen LogP contribution in [0.4, 0.5) is 5.69 Å². The molecule has 150 valence electrons. The zero-order valence-corrected chi connectivity index (χ0v) is 17.7. The summed E-state index contributed by atoms with van der Waals surface area (Å²) in [5.41, 5.74) is 3.41. The second-order valence-electron chi connectivity index (χ2n) is 6.46. The van der Waals surface area contributed by atoms with Crippen molar-refractivity contribution in [3.63, 3.8) is 0 Å². The van der Waals surface area contributed by atoms with Crippen LogP contribution in [-0.2, 0) is 11.2 Å². The van der Waals surface area contributed by atoms with Gasteiger partial charge in [0, 0.05) is 33.6 Å². The van der Waals surface area contributed by atoms with Gasteiger partial charge in [0.1, 0.15) is 11.5 Å². The summed E-state index contributed by atoms with van der Waals surface area (Å²) < 4.78 is 10.5. The Balaban J connectivity index is 1.63. The highest BCUT2D eigenvalue weighted by molar-refractivity contribution is 7.99. The third-order valence-corrected chi connectivity index (χ3v) is 5.03. The van der Waals surface area contributed by atoms with E-state index in [0.29, 0.717) is 16.7 Å². The summed E-state index contributed by atoms with van der Waals surface area (Å²) in [4.78, 5) is 22.3. The average Bonchev–Trinajstić information content (AvgIpc) is 2.69. The van der Waals surface area contributed by atoms with Gasteiger partial charge in [-0.2, -0.15) is 0 Å². The molecular formula is C22H23N3O3S. The lowest BCUT2D eigenvalue weighted by Gasteiger charge is -2.11. The maximum Gasteiger partial charge on any atom is 0.228 e. The minimum atomic E-state index is -0.119. The van der Waals surface area contributed by atoms with Gasteiger partial charge >= 0.3 is 0 Å². The van der Waals surface area contributed by atoms with Crippen LogP contribution in [0.25, 0.3) is 0 Å². The van der Waals surface area contributed by atoms with E-state index >= 15 is 0 Å². The van der Waals surface area contributed by atoms with Crippen molar-refractivity contribution in [3.8, 4) is 11.5 Å². The lowest BCUT2D eigenvalue weighted by molar-refractivity contribution is -0.115. The second kappa shape index (κ2) is 9.43. The predicted molar refractivity (Wildman–Crippen MR) is 114 cm³/mol. The van der Waals surface area contributed by atoms with E-state index in [-0.39, 0.29) is 12.3 Å². The van der Waals surface area contributed by atoms with E-state index in [1.807, 2.05) is 56.3 Å². The van der Waals surface area contributed by atoms with E-state index in [4.69, 9.17) is 9.47 Å². The first-order valence-corrected chi connectivity index (χ1v) is 9.89. The highest BCUT2D eigenvalue weighted by Crippen LogP contribution is 2.27. The number of nitrogens with zero attached hydrogens (tertiary/aromatic N) is 2. The first kappa shape index (κ1) is 20.7. The molecule has 0 bridgehead atoms. The Morgan fingerprint density at radius 2 is 1.66 bits per heavy atom. The van der Waals surface area contributed by atoms with Crippen LogP contribution in [0.2, 0.25) is 0 Å². The Hall–Kier alpha value is -3.06. The zero-order chi connectivity index (χ0) is 20.8. The number of benzene rings is 2. The van der Waals surface area contributed by atoms with Gasteiger partial charge in [-0.1, -0.05) is 6.07 Å². The Kier molecular flexibility index (Phi) is 6.72. The number of aryl methyl sites for hydroxylation is 2. The Morgan fingerprint density at radius 1 is 0.966 bits per heavy atom. The molecule has 3 aromatic rings. The van der Waals surface area contributed by atoms with Gasteiger partial charge in [-0.3, -0.25) is 4.79 Å². The molecular weight excluding hydrogens is 386 g/mol. The zero-order valence-electron chi connectivity index (χ0n) is 16.9. The predicted octanol–water partition coefficient (Wildman–Crippen LogP) is 4.44. The van der Waals surface area contributed by atoms with Gasteiger partial charge in [0.15, 0.2) is 5.16 Å². The Labute approximate surface area is 174 Å². The monoisotopic (exact) mass is 409 g/mol. The number of anilines is 1. The molecule has 2 aromatic carbocycles. The van der Waals surface area contributed by atoms with E-state index in [1.165, 1.54) is 11.8 Å². The molecule has 1 aromatic heterocycles. The number of amides is 1. The standard InChI is InChI=1S/C22H23N3O3S/c1-14-11-15(2)24-22(23-14)29-19-9-6-17(7-10-19)25-21(26)12-16-5-8-18(27-3)13-20(16)28-4/h5-11,13H,12H2,1-4H3,(H,25,26). The van der Waals surface area contributed by atoms with Crippen LogP contribution in [0.15, 0.2) is 58.6 Å². The lowest BCUT2D eigenvalue weighted by Crippen LogP contribution is -2.14. The van der Waals surface area contributed by atoms with Crippen molar-refractivity contribution in [1.82, 2.24) is 9.97 Å². The number of methoxy groups -OCH3 is 2. The molecule has 0 spiro atoms. The number of rotatable bonds is 7. The third-order valence-electron chi connectivity index (χ3n) is 4.15. The molecule has 1 N–H and O–H groups in total. The summed E-state index contributed by atoms with van der Waals surface area (Å²) in [6, 6.07) is 15.0. The fourth-order valence-corrected chi connectivity index (χ4v) is 3.69. The first-order valence-electron chi connectivity index (χ1n) is 9.08. The molecule has 6 nitrogen and oxygen atoms in total. The molecule has 0 saturated carbocycles. The molecule has 0 aliphatic rings. The largest absolute Gasteiger partial charge is 0.497 e. The van der Waals surface area contributed by atoms with Crippen LogP contribution in [-0.4, -0.2) is 30.1 Å². The summed E-state index contributed by atoms with van der Waals surface area (Å²) >= 11 is 1.49. The van der Waals surface area contributed by atoms with Gasteiger partial charge in [-0.25, -0.2) is 9.97 Å². The molecule has 1 heterocycles. The molecule has 0 atom stereocenters. The van der Waals surface area contributed by atoms with E-state index < -0.39 is 0 Å². The molecule has 0 unspecified atom stereocenters. The molecule has 0 aliphatic heterocycles. The van der Waals surface area contributed by atoms with E-state index in [1.54, 1.807) is 20.3 Å². The summed E-state index contributed by atoms with van der Waals surface area (Å²) in [5, 5.41) is 3.63. The van der Waals surface area contributed by atoms with E-state index in [0.717, 1.165) is 27.5 Å². The molecule has 0 aliphatic carbocycles. The quantitative estimate of drug-likeness (QED) is 0.582. The summed E-state index contributed by atoms with van der Waals surface area (Å²) in [7, 11) is 3.17. The fourth-order valence-electron chi connectivity index (χ4n) is 2.83. The summed E-state index contributed by atoms with van der Waals surface area (Å²) in [5.74, 6) is 1.19. The van der Waals surface area contributed by atoms with Crippen LogP contribution < -0.4 is 14.8 Å². The van der Waals surface area contributed by atoms with Gasteiger partial charge in [-0.05, 0) is 62.0 Å². The number of hydrogen-bond acceptors (Lipinski definition) is 6. The van der Waals surface area contributed by atoms with E-state index in [2.05, 4.69) is 15.3 Å². The van der Waals surface area contributed by atoms with Gasteiger partial charge in [0.25, 0.3) is 0 Å². The van der Waals surface area contributed by atoms with Crippen LogP contribution >= 0.6 is 11.8 Å². The highest BCUT2D eigenvalue weighted by Gasteiger charge is 2.11. The molecule has 3 rings (SSSR count). The molecule has 1 amide bonds. The molecule has 7 heteroatoms. The topological polar surface area (TPSA) is 73.3 Å². The van der Waals surface area contributed by atoms with Crippen molar-refractivity contribution < 1.29 is 14.3 Å². The van der Waals surface area contributed by atoms with Crippen molar-refractivity contribution in [3.05, 3.63) is 65.5 Å². The second-order valence-corrected chi connectivity index (χ2v) is 7.50. The van der Waals surface area contributed by atoms with Crippen LogP contribution in [0, 0.1) is 13.8 Å². The van der Waals surface area contributed by atoms with Crippen LogP contribution in [0.1, 0.15) is 17.0 Å². The van der Waals surface area contributed by atoms with Crippen LogP contribution in [0.3, 0.4) is 0 Å². The SMILES string of the molecule is COc1ccc(CC(=O)Nc2ccc(Sc3nc(C)cc(C)n3)cc2)c(OC)c1. The number of carbonyl (C=O) groups excluding carboxylic acids is 1. The maximum atomic E-state index is 12.4. The van der Waals surface area contributed by atoms with Gasteiger partial charge in [-0.15, -0.1) is 0 Å². The summed E-state index contributed by atoms with van der Waals surface area (Å²) in [6.07, 6.45) is 0.208. The van der Waals surface area contributed by atoms with Crippen molar-refractivity contribution in [2.24, 2.45) is 0 Å². The third kappa shape index (κ3) is 5.71. The van der Waals surface area contributed by atoms with Crippen molar-refractivity contribution in [2.45, 2.75) is 30.3 Å². The fraction of sp³-hybridized carbons (Fsp3) is 0.227. The minimum absolute atomic E-state index is 0.119. The number of nitrogens with one attached hydrogen (secondary N) is 1. The Bertz CT molecular complexity index is 986. The minimum Gasteiger partial charge on any atom is -0.497 e. The van der Waals surface area contributed by atoms with Crippen LogP contribution in [0.5, 0.6) is 11.5 Å². The van der Waals surface area contributed by atoms with Gasteiger partial charge in [0.05, 0.1) is 20.6 Å². The van der Waals surface area contributed by atoms with Gasteiger partial charge in [0.2, 0.25) is 5.91 Å². The summed E-state index contributed by atoms with van der Waals surface area (Å²) in [6.45, 7) is 3.91. The highest BCUT2D eigenvalue weighted by atomic mass is 32.2. The average molecular weight is 410 g/mol. The van der Waals surface area contributed by atoms with Gasteiger partial charge < -0.3 is 14.8 Å². The molecule has 29 heavy (non-hydrogen) atoms. The van der Waals surface area contributed by atoms with Crippen molar-refractivity contribution in [2.75, 3.05) is 19.5 Å². The van der Waals surface area contributed by atoms with Crippen molar-refractivity contribution in [1.29, 1.82) is 0 Å². The normalized spacial score (nSPS) is 10.5. The lowest BCUT2D eigenvalue weighted by atomic mass is 10.1. The number of hydrogen-bond donors (Lipinski definition) is 1. The Morgan fingerprint density at radius 3 is 2.28 bits per heavy atom. The first-order chi connectivity index (χ1) is 14.0. The molecule has 0 radical (unpaired) electrons. The maximum absolute atomic E-state index is 12.4. The number of ether oxygens (including phenoxy) is 2. The smallest absolute Gasteiger partial charge is 0.228 e. The van der Waals surface area contributed by atoms with Crippen molar-refractivity contribution >= 4 is 23.4 Å².